The number of benzene rings is 2. The molecule has 2 aromatic carbocycles. The van der Waals surface area contributed by atoms with Gasteiger partial charge in [-0.2, -0.15) is 0 Å². The minimum atomic E-state index is 0.0880. The Bertz CT molecular complexity index is 540. The number of hydrazine groups is 1. The average molecular weight is 270 g/mol. The first-order valence-electron chi connectivity index (χ1n) is 6.89. The zero-order valence-electron chi connectivity index (χ0n) is 12.1. The second-order valence-electron chi connectivity index (χ2n) is 4.99. The molecule has 3 heteroatoms. The SMILES string of the molecule is COc1ccc(C)cc1C(CCc1ccccc1)NN. The number of hydrogen-bond donors (Lipinski definition) is 2. The van der Waals surface area contributed by atoms with E-state index in [4.69, 9.17) is 10.6 Å². The van der Waals surface area contributed by atoms with E-state index in [1.54, 1.807) is 7.11 Å². The van der Waals surface area contributed by atoms with E-state index in [2.05, 4.69) is 42.7 Å². The van der Waals surface area contributed by atoms with Gasteiger partial charge in [0.25, 0.3) is 0 Å². The number of nitrogens with one attached hydrogen (secondary N) is 1. The number of nitrogens with two attached hydrogens (primary N) is 1. The van der Waals surface area contributed by atoms with E-state index >= 15 is 0 Å². The first-order chi connectivity index (χ1) is 9.74. The van der Waals surface area contributed by atoms with Gasteiger partial charge >= 0.3 is 0 Å². The summed E-state index contributed by atoms with van der Waals surface area (Å²) in [7, 11) is 1.69. The predicted octanol–water partition coefficient (Wildman–Crippen LogP) is 3.14. The fourth-order valence-corrected chi connectivity index (χ4v) is 2.41. The summed E-state index contributed by atoms with van der Waals surface area (Å²) in [6.45, 7) is 2.08. The second-order valence-corrected chi connectivity index (χ2v) is 4.99. The van der Waals surface area contributed by atoms with Crippen molar-refractivity contribution < 1.29 is 4.74 Å². The summed E-state index contributed by atoms with van der Waals surface area (Å²) in [4.78, 5) is 0. The molecule has 106 valence electrons. The molecule has 2 rings (SSSR count). The number of methoxy groups -OCH3 is 1. The third-order valence-corrected chi connectivity index (χ3v) is 3.53. The van der Waals surface area contributed by atoms with Crippen LogP contribution in [0.25, 0.3) is 0 Å². The number of ether oxygens (including phenoxy) is 1. The molecule has 0 aliphatic rings. The molecule has 0 heterocycles. The Balaban J connectivity index is 2.14. The molecule has 0 aliphatic carbocycles. The molecule has 0 saturated carbocycles. The van der Waals surface area contributed by atoms with Gasteiger partial charge in [0, 0.05) is 11.6 Å². The van der Waals surface area contributed by atoms with Gasteiger partial charge in [0.1, 0.15) is 5.75 Å². The van der Waals surface area contributed by atoms with Crippen molar-refractivity contribution in [3.8, 4) is 5.75 Å². The molecule has 0 fully saturated rings. The van der Waals surface area contributed by atoms with Crippen LogP contribution < -0.4 is 16.0 Å². The molecule has 1 unspecified atom stereocenters. The monoisotopic (exact) mass is 270 g/mol. The maximum absolute atomic E-state index is 5.74. The van der Waals surface area contributed by atoms with Crippen LogP contribution in [0.3, 0.4) is 0 Å². The Kier molecular flexibility index (Phi) is 5.16. The predicted molar refractivity (Wildman–Crippen MR) is 82.6 cm³/mol. The lowest BCUT2D eigenvalue weighted by Gasteiger charge is -2.19. The second kappa shape index (κ2) is 7.08. The van der Waals surface area contributed by atoms with Crippen LogP contribution in [-0.2, 0) is 6.42 Å². The normalized spacial score (nSPS) is 12.2. The van der Waals surface area contributed by atoms with Gasteiger partial charge in [-0.3, -0.25) is 11.3 Å². The molecule has 20 heavy (non-hydrogen) atoms. The summed E-state index contributed by atoms with van der Waals surface area (Å²) in [5, 5.41) is 0. The van der Waals surface area contributed by atoms with Gasteiger partial charge in [0.2, 0.25) is 0 Å². The first-order valence-corrected chi connectivity index (χ1v) is 6.89. The minimum Gasteiger partial charge on any atom is -0.496 e. The maximum Gasteiger partial charge on any atom is 0.123 e. The van der Waals surface area contributed by atoms with Crippen molar-refractivity contribution in [3.63, 3.8) is 0 Å². The Morgan fingerprint density at radius 1 is 1.15 bits per heavy atom. The Labute approximate surface area is 120 Å². The maximum atomic E-state index is 5.74. The highest BCUT2D eigenvalue weighted by Gasteiger charge is 2.15. The smallest absolute Gasteiger partial charge is 0.123 e. The molecule has 0 radical (unpaired) electrons. The molecular weight excluding hydrogens is 248 g/mol. The highest BCUT2D eigenvalue weighted by atomic mass is 16.5. The van der Waals surface area contributed by atoms with Crippen LogP contribution in [0.1, 0.15) is 29.2 Å². The number of rotatable bonds is 6. The van der Waals surface area contributed by atoms with Crippen molar-refractivity contribution in [2.45, 2.75) is 25.8 Å². The fraction of sp³-hybridized carbons (Fsp3) is 0.294. The van der Waals surface area contributed by atoms with E-state index in [-0.39, 0.29) is 6.04 Å². The molecule has 3 N–H and O–H groups in total. The first kappa shape index (κ1) is 14.6. The third-order valence-electron chi connectivity index (χ3n) is 3.53. The molecule has 2 aromatic rings. The van der Waals surface area contributed by atoms with E-state index in [1.165, 1.54) is 11.1 Å². The molecule has 0 amide bonds. The third kappa shape index (κ3) is 3.59. The molecular formula is C17H22N2O. The van der Waals surface area contributed by atoms with Crippen molar-refractivity contribution in [2.75, 3.05) is 7.11 Å². The molecule has 1 atom stereocenters. The zero-order valence-corrected chi connectivity index (χ0v) is 12.1. The van der Waals surface area contributed by atoms with Crippen LogP contribution in [0, 0.1) is 6.92 Å². The van der Waals surface area contributed by atoms with Gasteiger partial charge in [-0.25, -0.2) is 0 Å². The van der Waals surface area contributed by atoms with Crippen molar-refractivity contribution in [2.24, 2.45) is 5.84 Å². The van der Waals surface area contributed by atoms with E-state index in [1.807, 2.05) is 18.2 Å². The minimum absolute atomic E-state index is 0.0880. The average Bonchev–Trinajstić information content (AvgIpc) is 2.49. The van der Waals surface area contributed by atoms with Crippen LogP contribution in [-0.4, -0.2) is 7.11 Å². The van der Waals surface area contributed by atoms with Crippen LogP contribution >= 0.6 is 0 Å². The van der Waals surface area contributed by atoms with Crippen molar-refractivity contribution in [1.29, 1.82) is 0 Å². The van der Waals surface area contributed by atoms with Crippen molar-refractivity contribution >= 4 is 0 Å². The molecule has 3 nitrogen and oxygen atoms in total. The van der Waals surface area contributed by atoms with Crippen molar-refractivity contribution in [3.05, 3.63) is 65.2 Å². The van der Waals surface area contributed by atoms with E-state index < -0.39 is 0 Å². The molecule has 0 bridgehead atoms. The van der Waals surface area contributed by atoms with E-state index in [9.17, 15) is 0 Å². The lowest BCUT2D eigenvalue weighted by atomic mass is 9.97. The summed E-state index contributed by atoms with van der Waals surface area (Å²) >= 11 is 0. The topological polar surface area (TPSA) is 47.3 Å². The molecule has 0 aromatic heterocycles. The van der Waals surface area contributed by atoms with Gasteiger partial charge in [-0.05, 0) is 31.4 Å². The summed E-state index contributed by atoms with van der Waals surface area (Å²) in [6, 6.07) is 16.7. The molecule has 0 aliphatic heterocycles. The highest BCUT2D eigenvalue weighted by Crippen LogP contribution is 2.28. The summed E-state index contributed by atoms with van der Waals surface area (Å²) in [6.07, 6.45) is 1.91. The van der Waals surface area contributed by atoms with Gasteiger partial charge in [0.05, 0.1) is 7.11 Å². The number of hydrogen-bond acceptors (Lipinski definition) is 3. The Morgan fingerprint density at radius 3 is 2.55 bits per heavy atom. The summed E-state index contributed by atoms with van der Waals surface area (Å²) in [5.74, 6) is 6.62. The fourth-order valence-electron chi connectivity index (χ4n) is 2.41. The van der Waals surface area contributed by atoms with Gasteiger partial charge < -0.3 is 4.74 Å². The van der Waals surface area contributed by atoms with Gasteiger partial charge in [-0.15, -0.1) is 0 Å². The lowest BCUT2D eigenvalue weighted by Crippen LogP contribution is -2.28. The zero-order chi connectivity index (χ0) is 14.4. The molecule has 0 saturated heterocycles. The largest absolute Gasteiger partial charge is 0.496 e. The van der Waals surface area contributed by atoms with Crippen molar-refractivity contribution in [1.82, 2.24) is 5.43 Å². The van der Waals surface area contributed by atoms with Crippen LogP contribution in [0.15, 0.2) is 48.5 Å². The molecule has 0 spiro atoms. The standard InChI is InChI=1S/C17H22N2O/c1-13-8-11-17(20-2)15(12-13)16(19-18)10-9-14-6-4-3-5-7-14/h3-8,11-12,16,19H,9-10,18H2,1-2H3. The lowest BCUT2D eigenvalue weighted by molar-refractivity contribution is 0.396. The highest BCUT2D eigenvalue weighted by molar-refractivity contribution is 5.39. The Hall–Kier alpha value is -1.84. The summed E-state index contributed by atoms with van der Waals surface area (Å²) < 4.78 is 5.44. The van der Waals surface area contributed by atoms with Crippen LogP contribution in [0.5, 0.6) is 5.75 Å². The van der Waals surface area contributed by atoms with Gasteiger partial charge in [0.15, 0.2) is 0 Å². The Morgan fingerprint density at radius 2 is 1.90 bits per heavy atom. The quantitative estimate of drug-likeness (QED) is 0.626. The van der Waals surface area contributed by atoms with Crippen LogP contribution in [0.4, 0.5) is 0 Å². The van der Waals surface area contributed by atoms with E-state index in [0.717, 1.165) is 24.2 Å². The number of aryl methyl sites for hydroxylation is 2. The van der Waals surface area contributed by atoms with Gasteiger partial charge in [-0.1, -0.05) is 48.0 Å². The van der Waals surface area contributed by atoms with E-state index in [0.29, 0.717) is 0 Å². The summed E-state index contributed by atoms with van der Waals surface area (Å²) in [5.41, 5.74) is 6.56. The van der Waals surface area contributed by atoms with Crippen LogP contribution in [0.2, 0.25) is 0 Å².